The summed E-state index contributed by atoms with van der Waals surface area (Å²) < 4.78 is 11.5. The molecular weight excluding hydrogens is 380 g/mol. The van der Waals surface area contributed by atoms with Crippen molar-refractivity contribution in [2.75, 3.05) is 18.2 Å². The SMILES string of the molecule is C#Cc1cc(Oc2cnc(N)nc2NC(=O)c2ccccc2)c(C(C)C)cc1OC. The van der Waals surface area contributed by atoms with Gasteiger partial charge in [0.05, 0.1) is 18.9 Å². The van der Waals surface area contributed by atoms with Gasteiger partial charge in [-0.25, -0.2) is 4.98 Å². The van der Waals surface area contributed by atoms with Crippen LogP contribution in [0.4, 0.5) is 11.8 Å². The van der Waals surface area contributed by atoms with Crippen LogP contribution in [0.2, 0.25) is 0 Å². The summed E-state index contributed by atoms with van der Waals surface area (Å²) in [4.78, 5) is 20.7. The van der Waals surface area contributed by atoms with Crippen LogP contribution >= 0.6 is 0 Å². The zero-order valence-electron chi connectivity index (χ0n) is 17.0. The molecular formula is C23H22N4O3. The largest absolute Gasteiger partial charge is 0.495 e. The molecule has 30 heavy (non-hydrogen) atoms. The molecule has 7 heteroatoms. The van der Waals surface area contributed by atoms with Gasteiger partial charge in [-0.1, -0.05) is 38.0 Å². The minimum atomic E-state index is -0.346. The van der Waals surface area contributed by atoms with E-state index in [0.717, 1.165) is 5.56 Å². The number of nitrogen functional groups attached to an aromatic ring is 1. The van der Waals surface area contributed by atoms with Crippen molar-refractivity contribution in [3.05, 3.63) is 65.4 Å². The number of carbonyl (C=O) groups excluding carboxylic acids is 1. The zero-order chi connectivity index (χ0) is 21.7. The number of nitrogens with zero attached hydrogens (tertiary/aromatic N) is 2. The molecule has 1 aromatic heterocycles. The lowest BCUT2D eigenvalue weighted by Crippen LogP contribution is -2.14. The highest BCUT2D eigenvalue weighted by Gasteiger charge is 2.18. The van der Waals surface area contributed by atoms with E-state index in [1.165, 1.54) is 6.20 Å². The Morgan fingerprint density at radius 1 is 1.17 bits per heavy atom. The van der Waals surface area contributed by atoms with E-state index in [4.69, 9.17) is 21.6 Å². The van der Waals surface area contributed by atoms with Crippen molar-refractivity contribution in [1.29, 1.82) is 0 Å². The average molecular weight is 402 g/mol. The molecule has 3 rings (SSSR count). The van der Waals surface area contributed by atoms with Gasteiger partial charge in [-0.05, 0) is 24.1 Å². The number of nitrogens with one attached hydrogen (secondary N) is 1. The Morgan fingerprint density at radius 3 is 2.53 bits per heavy atom. The predicted octanol–water partition coefficient (Wildman–Crippen LogP) is 4.22. The van der Waals surface area contributed by atoms with Gasteiger partial charge in [0.2, 0.25) is 5.95 Å². The third kappa shape index (κ3) is 4.50. The topological polar surface area (TPSA) is 99.4 Å². The van der Waals surface area contributed by atoms with Crippen LogP contribution < -0.4 is 20.5 Å². The lowest BCUT2D eigenvalue weighted by molar-refractivity contribution is 0.102. The third-order valence-corrected chi connectivity index (χ3v) is 4.37. The molecule has 0 aliphatic carbocycles. The van der Waals surface area contributed by atoms with Gasteiger partial charge >= 0.3 is 0 Å². The Morgan fingerprint density at radius 2 is 1.90 bits per heavy atom. The number of anilines is 2. The summed E-state index contributed by atoms with van der Waals surface area (Å²) >= 11 is 0. The first-order chi connectivity index (χ1) is 14.4. The molecule has 0 fully saturated rings. The Balaban J connectivity index is 2.00. The Kier molecular flexibility index (Phi) is 6.18. The van der Waals surface area contributed by atoms with E-state index in [-0.39, 0.29) is 29.3 Å². The molecule has 0 radical (unpaired) electrons. The maximum atomic E-state index is 12.6. The van der Waals surface area contributed by atoms with Crippen LogP contribution in [0.1, 0.15) is 41.3 Å². The van der Waals surface area contributed by atoms with Gasteiger partial charge in [0.25, 0.3) is 5.91 Å². The molecule has 0 atom stereocenters. The van der Waals surface area contributed by atoms with Crippen LogP contribution in [0.3, 0.4) is 0 Å². The molecule has 3 aromatic rings. The van der Waals surface area contributed by atoms with Crippen molar-refractivity contribution in [1.82, 2.24) is 9.97 Å². The number of hydrogen-bond acceptors (Lipinski definition) is 6. The zero-order valence-corrected chi connectivity index (χ0v) is 17.0. The Bertz CT molecular complexity index is 1110. The summed E-state index contributed by atoms with van der Waals surface area (Å²) in [5, 5.41) is 2.73. The highest BCUT2D eigenvalue weighted by molar-refractivity contribution is 6.04. The van der Waals surface area contributed by atoms with Crippen LogP contribution in [0.5, 0.6) is 17.2 Å². The number of aromatic nitrogens is 2. The van der Waals surface area contributed by atoms with E-state index in [9.17, 15) is 4.79 Å². The quantitative estimate of drug-likeness (QED) is 0.599. The van der Waals surface area contributed by atoms with Crippen LogP contribution in [0.15, 0.2) is 48.7 Å². The number of carbonyl (C=O) groups is 1. The van der Waals surface area contributed by atoms with E-state index in [1.807, 2.05) is 26.0 Å². The Labute approximate surface area is 175 Å². The monoisotopic (exact) mass is 402 g/mol. The minimum absolute atomic E-state index is 0.00818. The van der Waals surface area contributed by atoms with Crippen molar-refractivity contribution in [2.45, 2.75) is 19.8 Å². The summed E-state index contributed by atoms with van der Waals surface area (Å²) in [6, 6.07) is 12.3. The first kappa shape index (κ1) is 20.7. The van der Waals surface area contributed by atoms with E-state index in [2.05, 4.69) is 21.2 Å². The summed E-state index contributed by atoms with van der Waals surface area (Å²) in [6.07, 6.45) is 7.02. The van der Waals surface area contributed by atoms with Gasteiger partial charge in [-0.2, -0.15) is 4.98 Å². The predicted molar refractivity (Wildman–Crippen MR) is 116 cm³/mol. The fourth-order valence-corrected chi connectivity index (χ4v) is 2.83. The van der Waals surface area contributed by atoms with Crippen molar-refractivity contribution in [3.63, 3.8) is 0 Å². The van der Waals surface area contributed by atoms with E-state index < -0.39 is 0 Å². The number of ether oxygens (including phenoxy) is 2. The summed E-state index contributed by atoms with van der Waals surface area (Å²) in [6.45, 7) is 4.05. The molecule has 0 saturated heterocycles. The number of hydrogen-bond donors (Lipinski definition) is 2. The maximum Gasteiger partial charge on any atom is 0.256 e. The second-order valence-corrected chi connectivity index (χ2v) is 6.75. The van der Waals surface area contributed by atoms with Crippen molar-refractivity contribution >= 4 is 17.7 Å². The fraction of sp³-hybridized carbons (Fsp3) is 0.174. The van der Waals surface area contributed by atoms with Gasteiger partial charge in [-0.3, -0.25) is 4.79 Å². The van der Waals surface area contributed by atoms with Gasteiger partial charge in [0.15, 0.2) is 11.6 Å². The van der Waals surface area contributed by atoms with E-state index in [0.29, 0.717) is 22.6 Å². The van der Waals surface area contributed by atoms with Gasteiger partial charge in [-0.15, -0.1) is 6.42 Å². The molecule has 152 valence electrons. The fourth-order valence-electron chi connectivity index (χ4n) is 2.83. The van der Waals surface area contributed by atoms with Crippen molar-refractivity contribution < 1.29 is 14.3 Å². The average Bonchev–Trinajstić information content (AvgIpc) is 2.75. The molecule has 3 N–H and O–H groups in total. The number of methoxy groups -OCH3 is 1. The second kappa shape index (κ2) is 8.97. The molecule has 0 unspecified atom stereocenters. The van der Waals surface area contributed by atoms with E-state index >= 15 is 0 Å². The number of amides is 1. The lowest BCUT2D eigenvalue weighted by atomic mass is 9.99. The van der Waals surface area contributed by atoms with Crippen LogP contribution in [-0.4, -0.2) is 23.0 Å². The molecule has 2 aromatic carbocycles. The molecule has 7 nitrogen and oxygen atoms in total. The molecule has 1 amide bonds. The molecule has 0 saturated carbocycles. The summed E-state index contributed by atoms with van der Waals surface area (Å²) in [7, 11) is 1.56. The molecule has 0 aliphatic rings. The minimum Gasteiger partial charge on any atom is -0.495 e. The summed E-state index contributed by atoms with van der Waals surface area (Å²) in [5.41, 5.74) is 7.62. The first-order valence-corrected chi connectivity index (χ1v) is 9.28. The van der Waals surface area contributed by atoms with Crippen LogP contribution in [0.25, 0.3) is 0 Å². The Hall–Kier alpha value is -4.05. The van der Waals surface area contributed by atoms with Crippen molar-refractivity contribution in [3.8, 4) is 29.6 Å². The lowest BCUT2D eigenvalue weighted by Gasteiger charge is -2.18. The highest BCUT2D eigenvalue weighted by atomic mass is 16.5. The van der Waals surface area contributed by atoms with Gasteiger partial charge in [0.1, 0.15) is 11.5 Å². The highest BCUT2D eigenvalue weighted by Crippen LogP contribution is 2.37. The van der Waals surface area contributed by atoms with Gasteiger partial charge in [0, 0.05) is 17.2 Å². The maximum absolute atomic E-state index is 12.6. The molecule has 0 aliphatic heterocycles. The standard InChI is InChI=1S/C23H22N4O3/c1-5-15-11-19(17(14(2)3)12-18(15)29-4)30-20-13-25-23(24)27-21(20)26-22(28)16-9-7-6-8-10-16/h1,6-14H,2-4H3,(H3,24,25,26,27,28). The first-order valence-electron chi connectivity index (χ1n) is 9.28. The third-order valence-electron chi connectivity index (χ3n) is 4.37. The smallest absolute Gasteiger partial charge is 0.256 e. The number of nitrogens with two attached hydrogens (primary N) is 1. The van der Waals surface area contributed by atoms with Gasteiger partial charge < -0.3 is 20.5 Å². The molecule has 1 heterocycles. The van der Waals surface area contributed by atoms with Crippen LogP contribution in [0, 0.1) is 12.3 Å². The second-order valence-electron chi connectivity index (χ2n) is 6.75. The molecule has 0 bridgehead atoms. The normalized spacial score (nSPS) is 10.4. The van der Waals surface area contributed by atoms with E-state index in [1.54, 1.807) is 37.4 Å². The molecule has 0 spiro atoms. The number of benzene rings is 2. The number of rotatable bonds is 6. The van der Waals surface area contributed by atoms with Crippen molar-refractivity contribution in [2.24, 2.45) is 0 Å². The van der Waals surface area contributed by atoms with Crippen LogP contribution in [-0.2, 0) is 0 Å². The summed E-state index contributed by atoms with van der Waals surface area (Å²) in [5.74, 6) is 3.87. The number of terminal acetylenes is 1.